The third-order valence-corrected chi connectivity index (χ3v) is 5.78. The zero-order chi connectivity index (χ0) is 19.2. The molecule has 3 rings (SSSR count). The molecule has 1 aromatic carbocycles. The summed E-state index contributed by atoms with van der Waals surface area (Å²) >= 11 is 0. The third kappa shape index (κ3) is 4.61. The summed E-state index contributed by atoms with van der Waals surface area (Å²) in [7, 11) is 1.60. The molecule has 0 bridgehead atoms. The van der Waals surface area contributed by atoms with Crippen LogP contribution in [0.25, 0.3) is 0 Å². The molecule has 6 heteroatoms. The normalized spacial score (nSPS) is 19.7. The molecule has 6 nitrogen and oxygen atoms in total. The van der Waals surface area contributed by atoms with Crippen LogP contribution in [0, 0.1) is 5.92 Å². The average molecular weight is 373 g/mol. The number of hydrogen-bond acceptors (Lipinski definition) is 4. The maximum Gasteiger partial charge on any atom is 0.254 e. The molecule has 2 aliphatic rings. The van der Waals surface area contributed by atoms with Gasteiger partial charge in [0.25, 0.3) is 5.91 Å². The Hall–Kier alpha value is -2.08. The number of piperazine rings is 1. The maximum absolute atomic E-state index is 12.8. The summed E-state index contributed by atoms with van der Waals surface area (Å²) in [6.45, 7) is 5.42. The van der Waals surface area contributed by atoms with Gasteiger partial charge in [0, 0.05) is 38.3 Å². The van der Waals surface area contributed by atoms with E-state index in [0.29, 0.717) is 36.9 Å². The second-order valence-electron chi connectivity index (χ2n) is 7.44. The highest BCUT2D eigenvalue weighted by atomic mass is 16.5. The molecule has 2 fully saturated rings. The molecule has 1 saturated heterocycles. The van der Waals surface area contributed by atoms with Crippen LogP contribution < -0.4 is 10.1 Å². The number of methoxy groups -OCH3 is 1. The van der Waals surface area contributed by atoms with Crippen LogP contribution in [-0.2, 0) is 4.79 Å². The quantitative estimate of drug-likeness (QED) is 0.830. The maximum atomic E-state index is 12.8. The lowest BCUT2D eigenvalue weighted by molar-refractivity contribution is -0.129. The Bertz CT molecular complexity index is 650. The van der Waals surface area contributed by atoms with E-state index in [1.807, 2.05) is 30.0 Å². The smallest absolute Gasteiger partial charge is 0.254 e. The number of hydrogen-bond donors (Lipinski definition) is 1. The number of nitrogens with one attached hydrogen (secondary N) is 1. The fourth-order valence-electron chi connectivity index (χ4n) is 4.37. The predicted octanol–water partition coefficient (Wildman–Crippen LogP) is 2.15. The van der Waals surface area contributed by atoms with Crippen LogP contribution in [0.1, 0.15) is 43.0 Å². The van der Waals surface area contributed by atoms with E-state index in [2.05, 4.69) is 10.2 Å². The first-order chi connectivity index (χ1) is 13.1. The topological polar surface area (TPSA) is 61.9 Å². The van der Waals surface area contributed by atoms with Gasteiger partial charge in [0.15, 0.2) is 0 Å². The first kappa shape index (κ1) is 19.7. The molecule has 1 aliphatic carbocycles. The van der Waals surface area contributed by atoms with Gasteiger partial charge in [0.1, 0.15) is 5.75 Å². The van der Waals surface area contributed by atoms with Crippen LogP contribution in [-0.4, -0.2) is 67.5 Å². The lowest BCUT2D eigenvalue weighted by Crippen LogP contribution is -2.58. The Morgan fingerprint density at radius 1 is 1.19 bits per heavy atom. The van der Waals surface area contributed by atoms with Crippen LogP contribution in [0.3, 0.4) is 0 Å². The van der Waals surface area contributed by atoms with Gasteiger partial charge < -0.3 is 15.0 Å². The number of ether oxygens (including phenoxy) is 1. The summed E-state index contributed by atoms with van der Waals surface area (Å²) in [5.41, 5.74) is 0.652. The van der Waals surface area contributed by atoms with Crippen LogP contribution in [0.4, 0.5) is 0 Å². The van der Waals surface area contributed by atoms with Crippen molar-refractivity contribution >= 4 is 11.8 Å². The fourth-order valence-corrected chi connectivity index (χ4v) is 4.37. The van der Waals surface area contributed by atoms with Crippen molar-refractivity contribution < 1.29 is 14.3 Å². The molecule has 1 saturated carbocycles. The van der Waals surface area contributed by atoms with Gasteiger partial charge in [0.2, 0.25) is 5.91 Å². The number of likely N-dealkylation sites (N-methyl/N-ethyl adjacent to an activating group) is 1. The van der Waals surface area contributed by atoms with Crippen LogP contribution in [0.2, 0.25) is 0 Å². The molecule has 0 spiro atoms. The highest BCUT2D eigenvalue weighted by molar-refractivity contribution is 5.94. The van der Waals surface area contributed by atoms with Crippen LogP contribution in [0.15, 0.2) is 24.3 Å². The van der Waals surface area contributed by atoms with Crippen molar-refractivity contribution in [1.82, 2.24) is 15.1 Å². The van der Waals surface area contributed by atoms with Crippen molar-refractivity contribution in [3.8, 4) is 5.75 Å². The summed E-state index contributed by atoms with van der Waals surface area (Å²) in [6.07, 6.45) is 4.69. The lowest BCUT2D eigenvalue weighted by atomic mass is 9.95. The van der Waals surface area contributed by atoms with Crippen molar-refractivity contribution in [3.05, 3.63) is 29.8 Å². The molecule has 0 radical (unpaired) electrons. The number of rotatable bonds is 6. The van der Waals surface area contributed by atoms with E-state index in [4.69, 9.17) is 4.74 Å². The van der Waals surface area contributed by atoms with E-state index in [-0.39, 0.29) is 17.9 Å². The van der Waals surface area contributed by atoms with Gasteiger partial charge >= 0.3 is 0 Å². The van der Waals surface area contributed by atoms with E-state index in [1.54, 1.807) is 13.2 Å². The van der Waals surface area contributed by atoms with E-state index >= 15 is 0 Å². The Morgan fingerprint density at radius 2 is 1.89 bits per heavy atom. The largest absolute Gasteiger partial charge is 0.497 e. The SMILES string of the molecule is CCNC(=O)[C@@H](C1CCCC1)N1CCN(C(=O)c2cccc(OC)c2)CC1. The van der Waals surface area contributed by atoms with Crippen molar-refractivity contribution in [2.24, 2.45) is 5.92 Å². The highest BCUT2D eigenvalue weighted by Gasteiger charge is 2.37. The molecule has 1 aromatic rings. The molecule has 1 aliphatic heterocycles. The lowest BCUT2D eigenvalue weighted by Gasteiger charge is -2.40. The van der Waals surface area contributed by atoms with Gasteiger partial charge in [-0.25, -0.2) is 0 Å². The zero-order valence-corrected chi connectivity index (χ0v) is 16.4. The molecule has 0 unspecified atom stereocenters. The van der Waals surface area contributed by atoms with Gasteiger partial charge in [-0.1, -0.05) is 18.9 Å². The number of benzene rings is 1. The monoisotopic (exact) mass is 373 g/mol. The standard InChI is InChI=1S/C21H31N3O3/c1-3-22-20(25)19(16-7-4-5-8-16)23-11-13-24(14-12-23)21(26)17-9-6-10-18(15-17)27-2/h6,9-10,15-16,19H,3-5,7-8,11-14H2,1-2H3,(H,22,25)/t19-/m1/s1. The molecule has 2 amide bonds. The number of carbonyl (C=O) groups is 2. The minimum Gasteiger partial charge on any atom is -0.497 e. The van der Waals surface area contributed by atoms with E-state index in [9.17, 15) is 9.59 Å². The molecular formula is C21H31N3O3. The number of amides is 2. The minimum atomic E-state index is -0.0541. The Kier molecular flexibility index (Phi) is 6.72. The van der Waals surface area contributed by atoms with Gasteiger partial charge in [-0.05, 0) is 43.9 Å². The predicted molar refractivity (Wildman–Crippen MR) is 105 cm³/mol. The van der Waals surface area contributed by atoms with E-state index < -0.39 is 0 Å². The molecule has 27 heavy (non-hydrogen) atoms. The second-order valence-corrected chi connectivity index (χ2v) is 7.44. The second kappa shape index (κ2) is 9.22. The summed E-state index contributed by atoms with van der Waals surface area (Å²) < 4.78 is 5.22. The molecule has 0 aromatic heterocycles. The zero-order valence-electron chi connectivity index (χ0n) is 16.4. The summed E-state index contributed by atoms with van der Waals surface area (Å²) in [4.78, 5) is 29.7. The van der Waals surface area contributed by atoms with Crippen molar-refractivity contribution in [2.45, 2.75) is 38.6 Å². The Balaban J connectivity index is 1.63. The highest BCUT2D eigenvalue weighted by Crippen LogP contribution is 2.31. The summed E-state index contributed by atoms with van der Waals surface area (Å²) in [5, 5.41) is 3.02. The Morgan fingerprint density at radius 3 is 2.52 bits per heavy atom. The summed E-state index contributed by atoms with van der Waals surface area (Å²) in [6, 6.07) is 7.24. The van der Waals surface area contributed by atoms with Gasteiger partial charge in [-0.15, -0.1) is 0 Å². The number of carbonyl (C=O) groups excluding carboxylic acids is 2. The molecule has 1 atom stereocenters. The number of nitrogens with zero attached hydrogens (tertiary/aromatic N) is 2. The van der Waals surface area contributed by atoms with E-state index in [0.717, 1.165) is 25.9 Å². The first-order valence-electron chi connectivity index (χ1n) is 10.1. The molecule has 1 heterocycles. The third-order valence-electron chi connectivity index (χ3n) is 5.78. The molecule has 148 valence electrons. The Labute approximate surface area is 161 Å². The van der Waals surface area contributed by atoms with Gasteiger partial charge in [-0.2, -0.15) is 0 Å². The van der Waals surface area contributed by atoms with Gasteiger partial charge in [0.05, 0.1) is 13.2 Å². The minimum absolute atomic E-state index is 0.0315. The molecular weight excluding hydrogens is 342 g/mol. The van der Waals surface area contributed by atoms with Crippen LogP contribution in [0.5, 0.6) is 5.75 Å². The van der Waals surface area contributed by atoms with Crippen molar-refractivity contribution in [3.63, 3.8) is 0 Å². The first-order valence-corrected chi connectivity index (χ1v) is 10.1. The van der Waals surface area contributed by atoms with Gasteiger partial charge in [-0.3, -0.25) is 14.5 Å². The fraction of sp³-hybridized carbons (Fsp3) is 0.619. The van der Waals surface area contributed by atoms with E-state index in [1.165, 1.54) is 12.8 Å². The van der Waals surface area contributed by atoms with Crippen molar-refractivity contribution in [2.75, 3.05) is 39.8 Å². The average Bonchev–Trinajstić information content (AvgIpc) is 3.22. The summed E-state index contributed by atoms with van der Waals surface area (Å²) in [5.74, 6) is 1.31. The molecule has 1 N–H and O–H groups in total. The van der Waals surface area contributed by atoms with Crippen LogP contribution >= 0.6 is 0 Å². The van der Waals surface area contributed by atoms with Crippen molar-refractivity contribution in [1.29, 1.82) is 0 Å².